The molecule has 1 saturated heterocycles. The second-order valence-electron chi connectivity index (χ2n) is 8.09. The maximum absolute atomic E-state index is 14.7. The summed E-state index contributed by atoms with van der Waals surface area (Å²) in [5.74, 6) is -0.0853. The number of nitrogens with one attached hydrogen (secondary N) is 2. The van der Waals surface area contributed by atoms with Gasteiger partial charge >= 0.3 is 0 Å². The molecule has 0 spiro atoms. The van der Waals surface area contributed by atoms with E-state index >= 15 is 0 Å². The van der Waals surface area contributed by atoms with E-state index in [1.54, 1.807) is 15.8 Å². The summed E-state index contributed by atoms with van der Waals surface area (Å²) in [5, 5.41) is 9.06. The minimum absolute atomic E-state index is 0.0853. The third-order valence-corrected chi connectivity index (χ3v) is 5.54. The summed E-state index contributed by atoms with van der Waals surface area (Å²) < 4.78 is 16.4. The Kier molecular flexibility index (Phi) is 5.02. The minimum atomic E-state index is -1.14. The van der Waals surface area contributed by atoms with Gasteiger partial charge in [0, 0.05) is 54.6 Å². The van der Waals surface area contributed by atoms with Gasteiger partial charge in [-0.2, -0.15) is 5.10 Å². The third kappa shape index (κ3) is 3.59. The fraction of sp³-hybridized carbons (Fsp3) is 0.476. The molecule has 7 nitrogen and oxygen atoms in total. The molecule has 3 aromatic rings. The van der Waals surface area contributed by atoms with Crippen LogP contribution in [0, 0.1) is 6.92 Å². The van der Waals surface area contributed by atoms with Crippen molar-refractivity contribution in [1.82, 2.24) is 24.6 Å². The highest BCUT2D eigenvalue weighted by Crippen LogP contribution is 2.36. The van der Waals surface area contributed by atoms with E-state index in [9.17, 15) is 9.18 Å². The van der Waals surface area contributed by atoms with Crippen LogP contribution >= 0.6 is 0 Å². The van der Waals surface area contributed by atoms with Crippen LogP contribution in [-0.2, 0) is 4.79 Å². The van der Waals surface area contributed by atoms with Crippen molar-refractivity contribution in [2.45, 2.75) is 52.4 Å². The van der Waals surface area contributed by atoms with E-state index in [1.807, 2.05) is 18.6 Å². The summed E-state index contributed by atoms with van der Waals surface area (Å²) in [6.07, 6.45) is 6.84. The average molecular weight is 398 g/mol. The number of nitrogens with zero attached hydrogens (tertiary/aromatic N) is 4. The number of anilines is 1. The first-order valence-electron chi connectivity index (χ1n) is 10.0. The summed E-state index contributed by atoms with van der Waals surface area (Å²) in [4.78, 5) is 20.9. The Hall–Kier alpha value is -2.90. The number of aryl methyl sites for hydroxylation is 1. The average Bonchev–Trinajstić information content (AvgIpc) is 3.29. The zero-order valence-electron chi connectivity index (χ0n) is 17.2. The number of hydrogen-bond acceptors (Lipinski definition) is 4. The van der Waals surface area contributed by atoms with Crippen molar-refractivity contribution in [3.8, 4) is 11.1 Å². The highest BCUT2D eigenvalue weighted by Gasteiger charge is 2.32. The van der Waals surface area contributed by atoms with Crippen LogP contribution in [0.15, 0.2) is 24.8 Å². The van der Waals surface area contributed by atoms with Gasteiger partial charge in [-0.3, -0.25) is 9.48 Å². The maximum atomic E-state index is 14.7. The lowest BCUT2D eigenvalue weighted by molar-refractivity contribution is -0.131. The Bertz CT molecular complexity index is 1040. The molecular formula is C21H27FN6O. The number of carbonyl (C=O) groups excluding carboxylic acids is 1. The van der Waals surface area contributed by atoms with Crippen molar-refractivity contribution in [3.05, 3.63) is 30.4 Å². The van der Waals surface area contributed by atoms with Gasteiger partial charge in [0.2, 0.25) is 5.91 Å². The van der Waals surface area contributed by atoms with Crippen molar-refractivity contribution in [2.24, 2.45) is 0 Å². The summed E-state index contributed by atoms with van der Waals surface area (Å²) in [6, 6.07) is -0.124. The first-order chi connectivity index (χ1) is 13.8. The van der Waals surface area contributed by atoms with E-state index in [1.165, 1.54) is 6.92 Å². The molecule has 1 aliphatic heterocycles. The van der Waals surface area contributed by atoms with Crippen LogP contribution < -0.4 is 5.32 Å². The van der Waals surface area contributed by atoms with Crippen LogP contribution in [0.4, 0.5) is 10.1 Å². The number of carbonyl (C=O) groups is 1. The lowest BCUT2D eigenvalue weighted by Gasteiger charge is -2.34. The minimum Gasteiger partial charge on any atom is -0.382 e. The molecule has 0 aromatic carbocycles. The first-order valence-corrected chi connectivity index (χ1v) is 10.0. The third-order valence-electron chi connectivity index (χ3n) is 5.54. The van der Waals surface area contributed by atoms with Gasteiger partial charge in [0.15, 0.2) is 0 Å². The number of piperidine rings is 1. The molecule has 2 N–H and O–H groups in total. The number of rotatable bonds is 4. The fourth-order valence-corrected chi connectivity index (χ4v) is 4.05. The predicted octanol–water partition coefficient (Wildman–Crippen LogP) is 3.69. The summed E-state index contributed by atoms with van der Waals surface area (Å²) in [6.45, 7) is 8.39. The molecule has 2 atom stereocenters. The summed E-state index contributed by atoms with van der Waals surface area (Å²) in [7, 11) is 0. The number of amides is 1. The molecule has 3 aromatic heterocycles. The Morgan fingerprint density at radius 1 is 1.38 bits per heavy atom. The zero-order valence-corrected chi connectivity index (χ0v) is 17.2. The van der Waals surface area contributed by atoms with Gasteiger partial charge in [0.05, 0.1) is 24.5 Å². The van der Waals surface area contributed by atoms with Crippen molar-refractivity contribution < 1.29 is 9.18 Å². The molecule has 0 unspecified atom stereocenters. The Labute approximate surface area is 169 Å². The lowest BCUT2D eigenvalue weighted by Crippen LogP contribution is -2.44. The molecular weight excluding hydrogens is 371 g/mol. The van der Waals surface area contributed by atoms with Crippen LogP contribution in [0.5, 0.6) is 0 Å². The molecule has 1 aliphatic rings. The van der Waals surface area contributed by atoms with Gasteiger partial charge in [-0.15, -0.1) is 0 Å². The molecule has 0 radical (unpaired) electrons. The topological polar surface area (TPSA) is 78.8 Å². The molecule has 4 heterocycles. The van der Waals surface area contributed by atoms with Crippen LogP contribution in [0.25, 0.3) is 22.2 Å². The van der Waals surface area contributed by atoms with Crippen LogP contribution in [0.2, 0.25) is 0 Å². The van der Waals surface area contributed by atoms with Gasteiger partial charge in [0.1, 0.15) is 11.8 Å². The van der Waals surface area contributed by atoms with Crippen molar-refractivity contribution in [3.63, 3.8) is 0 Å². The molecule has 1 fully saturated rings. The molecule has 154 valence electrons. The van der Waals surface area contributed by atoms with Crippen LogP contribution in [-0.4, -0.2) is 55.9 Å². The number of aromatic nitrogens is 4. The predicted molar refractivity (Wildman–Crippen MR) is 112 cm³/mol. The monoisotopic (exact) mass is 398 g/mol. The fourth-order valence-electron chi connectivity index (χ4n) is 4.05. The Morgan fingerprint density at radius 3 is 2.86 bits per heavy atom. The molecule has 8 heteroatoms. The highest BCUT2D eigenvalue weighted by molar-refractivity contribution is 6.00. The summed E-state index contributed by atoms with van der Waals surface area (Å²) >= 11 is 0. The maximum Gasteiger partial charge on any atom is 0.219 e. The van der Waals surface area contributed by atoms with Gasteiger partial charge in [0.25, 0.3) is 0 Å². The number of likely N-dealkylation sites (tertiary alicyclic amines) is 1. The molecule has 0 saturated carbocycles. The van der Waals surface area contributed by atoms with Gasteiger partial charge in [-0.1, -0.05) is 0 Å². The van der Waals surface area contributed by atoms with E-state index in [0.29, 0.717) is 13.0 Å². The summed E-state index contributed by atoms with van der Waals surface area (Å²) in [5.41, 5.74) is 4.79. The first kappa shape index (κ1) is 19.4. The Balaban J connectivity index is 1.69. The molecule has 0 aliphatic carbocycles. The van der Waals surface area contributed by atoms with Gasteiger partial charge in [-0.25, -0.2) is 9.37 Å². The van der Waals surface area contributed by atoms with Crippen LogP contribution in [0.1, 0.15) is 38.8 Å². The van der Waals surface area contributed by atoms with Gasteiger partial charge < -0.3 is 15.2 Å². The SMILES string of the molecule is CC(=O)N1CC[C@H](n2cc(-c3cnc4[nH]cc(C)c4c3NC(C)C)cn2)[C@@H](F)C1. The van der Waals surface area contributed by atoms with E-state index in [2.05, 4.69) is 41.2 Å². The smallest absolute Gasteiger partial charge is 0.219 e. The van der Waals surface area contributed by atoms with E-state index < -0.39 is 6.17 Å². The van der Waals surface area contributed by atoms with E-state index in [0.717, 1.165) is 33.4 Å². The standard InChI is InChI=1S/C21H27FN6O/c1-12(2)26-20-16(9-24-21-19(20)13(3)7-23-21)15-8-25-28(10-15)18-5-6-27(14(4)29)11-17(18)22/h7-10,12,17-18H,5-6,11H2,1-4H3,(H2,23,24,26)/t17-,18-/m0/s1. The molecule has 29 heavy (non-hydrogen) atoms. The lowest BCUT2D eigenvalue weighted by atomic mass is 10.0. The van der Waals surface area contributed by atoms with Crippen LogP contribution in [0.3, 0.4) is 0 Å². The quantitative estimate of drug-likeness (QED) is 0.703. The molecule has 0 bridgehead atoms. The molecule has 4 rings (SSSR count). The normalized spacial score (nSPS) is 19.9. The Morgan fingerprint density at radius 2 is 2.17 bits per heavy atom. The van der Waals surface area contributed by atoms with E-state index in [-0.39, 0.29) is 24.5 Å². The largest absolute Gasteiger partial charge is 0.382 e. The van der Waals surface area contributed by atoms with Gasteiger partial charge in [-0.05, 0) is 32.8 Å². The number of halogens is 1. The van der Waals surface area contributed by atoms with Crippen molar-refractivity contribution >= 4 is 22.6 Å². The van der Waals surface area contributed by atoms with E-state index in [4.69, 9.17) is 0 Å². The number of fused-ring (bicyclic) bond motifs is 1. The number of H-pyrrole nitrogens is 1. The van der Waals surface area contributed by atoms with Crippen molar-refractivity contribution in [2.75, 3.05) is 18.4 Å². The highest BCUT2D eigenvalue weighted by atomic mass is 19.1. The second-order valence-corrected chi connectivity index (χ2v) is 8.09. The van der Waals surface area contributed by atoms with Crippen molar-refractivity contribution in [1.29, 1.82) is 0 Å². The second kappa shape index (κ2) is 7.50. The number of aromatic amines is 1. The number of alkyl halides is 1. The zero-order chi connectivity index (χ0) is 20.7. The molecule has 1 amide bonds. The number of hydrogen-bond donors (Lipinski definition) is 2. The number of pyridine rings is 1.